The Morgan fingerprint density at radius 1 is 0.471 bits per heavy atom. The number of fused-ring (bicyclic) bond motifs is 2. The minimum atomic E-state index is 0.616. The van der Waals surface area contributed by atoms with E-state index in [9.17, 15) is 0 Å². The van der Waals surface area contributed by atoms with Gasteiger partial charge in [0.1, 0.15) is 11.5 Å². The molecule has 0 saturated heterocycles. The topological polar surface area (TPSA) is 18.5 Å². The minimum Gasteiger partial charge on any atom is -0.493 e. The van der Waals surface area contributed by atoms with E-state index in [-0.39, 0.29) is 0 Å². The summed E-state index contributed by atoms with van der Waals surface area (Å²) in [6, 6.07) is 34.1. The van der Waals surface area contributed by atoms with Gasteiger partial charge in [-0.15, -0.1) is 0 Å². The molecule has 34 heavy (non-hydrogen) atoms. The van der Waals surface area contributed by atoms with Crippen LogP contribution >= 0.6 is 23.5 Å². The molecule has 5 rings (SSSR count). The first-order valence-electron chi connectivity index (χ1n) is 11.5. The van der Waals surface area contributed by atoms with Gasteiger partial charge in [-0.1, -0.05) is 66.0 Å². The number of ether oxygens (including phenoxy) is 2. The fourth-order valence-corrected chi connectivity index (χ4v) is 5.77. The van der Waals surface area contributed by atoms with E-state index in [0.29, 0.717) is 13.2 Å². The smallest absolute Gasteiger partial charge is 0.135 e. The van der Waals surface area contributed by atoms with Crippen LogP contribution in [-0.2, 0) is 0 Å². The molecule has 0 spiro atoms. The highest BCUT2D eigenvalue weighted by molar-refractivity contribution is 7.99. The second-order valence-electron chi connectivity index (χ2n) is 7.77. The molecule has 0 aliphatic heterocycles. The van der Waals surface area contributed by atoms with E-state index in [1.165, 1.54) is 19.6 Å². The van der Waals surface area contributed by atoms with Gasteiger partial charge in [-0.3, -0.25) is 0 Å². The molecule has 0 aliphatic carbocycles. The van der Waals surface area contributed by atoms with Crippen LogP contribution in [0.15, 0.2) is 117 Å². The summed E-state index contributed by atoms with van der Waals surface area (Å²) < 4.78 is 12.3. The first kappa shape index (κ1) is 22.7. The van der Waals surface area contributed by atoms with Crippen molar-refractivity contribution in [2.75, 3.05) is 13.2 Å². The number of rotatable bonds is 8. The maximum atomic E-state index is 6.18. The van der Waals surface area contributed by atoms with Gasteiger partial charge in [0.05, 0.1) is 13.2 Å². The van der Waals surface area contributed by atoms with E-state index in [0.717, 1.165) is 33.0 Å². The average Bonchev–Trinajstić information content (AvgIpc) is 2.88. The van der Waals surface area contributed by atoms with Crippen molar-refractivity contribution in [1.82, 2.24) is 0 Å². The summed E-state index contributed by atoms with van der Waals surface area (Å²) in [5, 5.41) is 4.35. The molecule has 0 heterocycles. The molecule has 0 aromatic heterocycles. The van der Waals surface area contributed by atoms with Crippen LogP contribution < -0.4 is 9.47 Å². The molecule has 0 N–H and O–H groups in total. The van der Waals surface area contributed by atoms with Crippen LogP contribution in [0.3, 0.4) is 0 Å². The summed E-state index contributed by atoms with van der Waals surface area (Å²) >= 11 is 3.54. The van der Waals surface area contributed by atoms with Gasteiger partial charge in [0.15, 0.2) is 0 Å². The number of benzene rings is 5. The Hall–Kier alpha value is -3.08. The van der Waals surface area contributed by atoms with E-state index in [1.54, 1.807) is 23.5 Å². The van der Waals surface area contributed by atoms with Crippen LogP contribution in [0.1, 0.15) is 13.8 Å². The normalized spacial score (nSPS) is 11.1. The standard InChI is InChI=1S/C30H26O2S2/c1-3-31-29-25-12-8-9-13-26(25)30(32-4-2)28-20-24(18-19-27(28)29)34-23-16-14-22(15-17-23)33-21-10-6-5-7-11-21/h5-20H,3-4H2,1-2H3. The Bertz CT molecular complexity index is 1410. The third-order valence-electron chi connectivity index (χ3n) is 5.51. The van der Waals surface area contributed by atoms with E-state index in [1.807, 2.05) is 19.9 Å². The fraction of sp³-hybridized carbons (Fsp3) is 0.133. The van der Waals surface area contributed by atoms with Gasteiger partial charge in [-0.25, -0.2) is 0 Å². The maximum Gasteiger partial charge on any atom is 0.135 e. The van der Waals surface area contributed by atoms with Crippen molar-refractivity contribution < 1.29 is 9.47 Å². The summed E-state index contributed by atoms with van der Waals surface area (Å²) in [7, 11) is 0. The van der Waals surface area contributed by atoms with Crippen LogP contribution in [0.2, 0.25) is 0 Å². The average molecular weight is 483 g/mol. The zero-order valence-corrected chi connectivity index (χ0v) is 20.9. The molecule has 0 amide bonds. The van der Waals surface area contributed by atoms with Crippen molar-refractivity contribution in [2.45, 2.75) is 33.4 Å². The zero-order chi connectivity index (χ0) is 23.3. The zero-order valence-electron chi connectivity index (χ0n) is 19.3. The summed E-state index contributed by atoms with van der Waals surface area (Å²) in [6.45, 7) is 5.30. The van der Waals surface area contributed by atoms with Crippen LogP contribution in [0.25, 0.3) is 21.5 Å². The molecular weight excluding hydrogens is 456 g/mol. The SMILES string of the molecule is CCOc1c2ccccc2c(OCC)c2cc(Sc3ccc(Sc4ccccc4)cc3)ccc12. The molecular formula is C30H26O2S2. The van der Waals surface area contributed by atoms with Gasteiger partial charge < -0.3 is 9.47 Å². The van der Waals surface area contributed by atoms with Crippen LogP contribution in [-0.4, -0.2) is 13.2 Å². The second-order valence-corrected chi connectivity index (χ2v) is 10.1. The Morgan fingerprint density at radius 2 is 0.912 bits per heavy atom. The van der Waals surface area contributed by atoms with Gasteiger partial charge in [0.25, 0.3) is 0 Å². The Labute approximate surface area is 209 Å². The monoisotopic (exact) mass is 482 g/mol. The Kier molecular flexibility index (Phi) is 6.98. The lowest BCUT2D eigenvalue weighted by Gasteiger charge is -2.17. The molecule has 2 nitrogen and oxygen atoms in total. The van der Waals surface area contributed by atoms with Gasteiger partial charge >= 0.3 is 0 Å². The summed E-state index contributed by atoms with van der Waals surface area (Å²) in [4.78, 5) is 4.87. The van der Waals surface area contributed by atoms with Gasteiger partial charge in [0.2, 0.25) is 0 Å². The maximum absolute atomic E-state index is 6.18. The molecule has 0 aliphatic rings. The van der Waals surface area contributed by atoms with Crippen LogP contribution in [0.5, 0.6) is 11.5 Å². The highest BCUT2D eigenvalue weighted by atomic mass is 32.2. The van der Waals surface area contributed by atoms with Gasteiger partial charge in [-0.2, -0.15) is 0 Å². The van der Waals surface area contributed by atoms with Gasteiger partial charge in [0, 0.05) is 41.1 Å². The van der Waals surface area contributed by atoms with Gasteiger partial charge in [-0.05, 0) is 68.4 Å². The Morgan fingerprint density at radius 3 is 1.50 bits per heavy atom. The molecule has 5 aromatic rings. The predicted octanol–water partition coefficient (Wildman–Crippen LogP) is 9.09. The van der Waals surface area contributed by atoms with Crippen molar-refractivity contribution in [3.8, 4) is 11.5 Å². The minimum absolute atomic E-state index is 0.616. The summed E-state index contributed by atoms with van der Waals surface area (Å²) in [6.07, 6.45) is 0. The van der Waals surface area contributed by atoms with E-state index >= 15 is 0 Å². The fourth-order valence-electron chi connectivity index (χ4n) is 4.08. The summed E-state index contributed by atoms with van der Waals surface area (Å²) in [5.41, 5.74) is 0. The van der Waals surface area contributed by atoms with E-state index < -0.39 is 0 Å². The third kappa shape index (κ3) is 4.75. The molecule has 0 atom stereocenters. The lowest BCUT2D eigenvalue weighted by Crippen LogP contribution is -1.98. The third-order valence-corrected chi connectivity index (χ3v) is 7.53. The number of hydrogen-bond donors (Lipinski definition) is 0. The highest BCUT2D eigenvalue weighted by Gasteiger charge is 2.16. The summed E-state index contributed by atoms with van der Waals surface area (Å²) in [5.74, 6) is 1.85. The lowest BCUT2D eigenvalue weighted by atomic mass is 10.0. The van der Waals surface area contributed by atoms with Crippen LogP contribution in [0, 0.1) is 0 Å². The highest BCUT2D eigenvalue weighted by Crippen LogP contribution is 2.44. The molecule has 0 saturated carbocycles. The van der Waals surface area contributed by atoms with Crippen molar-refractivity contribution in [2.24, 2.45) is 0 Å². The van der Waals surface area contributed by atoms with Crippen molar-refractivity contribution >= 4 is 45.1 Å². The molecule has 0 bridgehead atoms. The van der Waals surface area contributed by atoms with E-state index in [4.69, 9.17) is 9.47 Å². The predicted molar refractivity (Wildman–Crippen MR) is 145 cm³/mol. The molecule has 170 valence electrons. The first-order chi connectivity index (χ1) is 16.8. The molecule has 5 aromatic carbocycles. The Balaban J connectivity index is 1.50. The second kappa shape index (κ2) is 10.5. The molecule has 4 heteroatoms. The quantitative estimate of drug-likeness (QED) is 0.205. The molecule has 0 unspecified atom stereocenters. The number of hydrogen-bond acceptors (Lipinski definition) is 4. The van der Waals surface area contributed by atoms with Crippen molar-refractivity contribution in [3.05, 3.63) is 97.1 Å². The largest absolute Gasteiger partial charge is 0.493 e. The van der Waals surface area contributed by atoms with Crippen molar-refractivity contribution in [1.29, 1.82) is 0 Å². The lowest BCUT2D eigenvalue weighted by molar-refractivity contribution is 0.342. The molecule has 0 radical (unpaired) electrons. The van der Waals surface area contributed by atoms with E-state index in [2.05, 4.69) is 91.0 Å². The molecule has 0 fully saturated rings. The first-order valence-corrected chi connectivity index (χ1v) is 13.1. The van der Waals surface area contributed by atoms with Crippen molar-refractivity contribution in [3.63, 3.8) is 0 Å². The van der Waals surface area contributed by atoms with Crippen LogP contribution in [0.4, 0.5) is 0 Å².